The van der Waals surface area contributed by atoms with Gasteiger partial charge in [0, 0.05) is 12.1 Å². The fourth-order valence-corrected chi connectivity index (χ4v) is 1.90. The number of rotatable bonds is 4. The molecule has 0 saturated carbocycles. The van der Waals surface area contributed by atoms with Gasteiger partial charge in [-0.25, -0.2) is 4.98 Å². The molecule has 0 aliphatic rings. The van der Waals surface area contributed by atoms with Gasteiger partial charge in [0.1, 0.15) is 17.9 Å². The summed E-state index contributed by atoms with van der Waals surface area (Å²) in [6.07, 6.45) is 0. The number of para-hydroxylation sites is 1. The maximum atomic E-state index is 5.50. The van der Waals surface area contributed by atoms with Crippen LogP contribution in [-0.2, 0) is 0 Å². The molecule has 2 aromatic carbocycles. The van der Waals surface area contributed by atoms with E-state index in [0.717, 1.165) is 22.3 Å². The zero-order valence-corrected chi connectivity index (χ0v) is 10.9. The molecule has 5 nitrogen and oxygen atoms in total. The lowest BCUT2D eigenvalue weighted by Crippen LogP contribution is -2.10. The van der Waals surface area contributed by atoms with Crippen molar-refractivity contribution in [3.05, 3.63) is 48.5 Å². The lowest BCUT2D eigenvalue weighted by atomic mass is 10.2. The zero-order chi connectivity index (χ0) is 13.8. The second kappa shape index (κ2) is 5.63. The summed E-state index contributed by atoms with van der Waals surface area (Å²) in [5.74, 6) is 1.34. The molecule has 0 amide bonds. The van der Waals surface area contributed by atoms with Gasteiger partial charge in [0.25, 0.3) is 0 Å². The number of benzene rings is 2. The minimum atomic E-state index is 0.484. The van der Waals surface area contributed by atoms with Crippen LogP contribution in [-0.4, -0.2) is 28.3 Å². The molecule has 0 radical (unpaired) electrons. The minimum Gasteiger partial charge on any atom is -0.492 e. The van der Waals surface area contributed by atoms with E-state index in [1.807, 2.05) is 48.5 Å². The standard InChI is InChI=1S/C15H14N4O/c16-8-9-20-12-5-3-4-11(10-12)15-17-13-6-1-2-7-14(13)18-19-15/h1-7,10H,8-9,16H2. The SMILES string of the molecule is NCCOc1cccc(-c2nnc3ccccc3n2)c1. The molecule has 100 valence electrons. The molecule has 3 rings (SSSR count). The number of fused-ring (bicyclic) bond motifs is 1. The Morgan fingerprint density at radius 3 is 2.65 bits per heavy atom. The Bertz CT molecular complexity index is 730. The van der Waals surface area contributed by atoms with E-state index in [0.29, 0.717) is 19.0 Å². The summed E-state index contributed by atoms with van der Waals surface area (Å²) in [4.78, 5) is 4.51. The van der Waals surface area contributed by atoms with Crippen molar-refractivity contribution in [3.63, 3.8) is 0 Å². The van der Waals surface area contributed by atoms with E-state index in [2.05, 4.69) is 15.2 Å². The number of hydrogen-bond donors (Lipinski definition) is 1. The Hall–Kier alpha value is -2.53. The number of hydrogen-bond acceptors (Lipinski definition) is 5. The maximum Gasteiger partial charge on any atom is 0.182 e. The molecule has 3 aromatic rings. The quantitative estimate of drug-likeness (QED) is 0.782. The highest BCUT2D eigenvalue weighted by Crippen LogP contribution is 2.21. The second-order valence-electron chi connectivity index (χ2n) is 4.29. The van der Waals surface area contributed by atoms with Crippen molar-refractivity contribution < 1.29 is 4.74 Å². The summed E-state index contributed by atoms with van der Waals surface area (Å²) in [6, 6.07) is 15.3. The van der Waals surface area contributed by atoms with Gasteiger partial charge in [-0.2, -0.15) is 0 Å². The van der Waals surface area contributed by atoms with Gasteiger partial charge >= 0.3 is 0 Å². The summed E-state index contributed by atoms with van der Waals surface area (Å²) < 4.78 is 5.50. The minimum absolute atomic E-state index is 0.484. The molecular formula is C15H14N4O. The highest BCUT2D eigenvalue weighted by molar-refractivity contribution is 5.75. The Kier molecular flexibility index (Phi) is 3.52. The van der Waals surface area contributed by atoms with Crippen LogP contribution in [0.25, 0.3) is 22.4 Å². The summed E-state index contributed by atoms with van der Waals surface area (Å²) in [5.41, 5.74) is 7.91. The average Bonchev–Trinajstić information content (AvgIpc) is 2.53. The predicted octanol–water partition coefficient (Wildman–Crippen LogP) is 2.03. The highest BCUT2D eigenvalue weighted by atomic mass is 16.5. The van der Waals surface area contributed by atoms with Crippen molar-refractivity contribution in [1.82, 2.24) is 15.2 Å². The van der Waals surface area contributed by atoms with Crippen LogP contribution in [0.15, 0.2) is 48.5 Å². The van der Waals surface area contributed by atoms with Crippen molar-refractivity contribution in [3.8, 4) is 17.1 Å². The van der Waals surface area contributed by atoms with Crippen LogP contribution in [0.2, 0.25) is 0 Å². The molecular weight excluding hydrogens is 252 g/mol. The van der Waals surface area contributed by atoms with E-state index in [1.54, 1.807) is 0 Å². The van der Waals surface area contributed by atoms with Crippen LogP contribution in [0, 0.1) is 0 Å². The molecule has 0 unspecified atom stereocenters. The number of nitrogens with two attached hydrogens (primary N) is 1. The van der Waals surface area contributed by atoms with Crippen LogP contribution in [0.1, 0.15) is 0 Å². The maximum absolute atomic E-state index is 5.50. The van der Waals surface area contributed by atoms with E-state index in [4.69, 9.17) is 10.5 Å². The molecule has 0 bridgehead atoms. The van der Waals surface area contributed by atoms with E-state index in [1.165, 1.54) is 0 Å². The van der Waals surface area contributed by atoms with Crippen molar-refractivity contribution >= 4 is 11.0 Å². The third-order valence-electron chi connectivity index (χ3n) is 2.84. The first-order valence-corrected chi connectivity index (χ1v) is 6.39. The molecule has 0 aliphatic carbocycles. The first-order valence-electron chi connectivity index (χ1n) is 6.39. The van der Waals surface area contributed by atoms with Gasteiger partial charge in [-0.1, -0.05) is 24.3 Å². The van der Waals surface area contributed by atoms with E-state index < -0.39 is 0 Å². The Labute approximate surface area is 116 Å². The van der Waals surface area contributed by atoms with E-state index in [9.17, 15) is 0 Å². The first kappa shape index (κ1) is 12.5. The van der Waals surface area contributed by atoms with Crippen molar-refractivity contribution in [2.24, 2.45) is 5.73 Å². The van der Waals surface area contributed by atoms with Crippen molar-refractivity contribution in [2.45, 2.75) is 0 Å². The Balaban J connectivity index is 1.97. The van der Waals surface area contributed by atoms with Crippen LogP contribution in [0.4, 0.5) is 0 Å². The average molecular weight is 266 g/mol. The van der Waals surface area contributed by atoms with Gasteiger partial charge in [-0.15, -0.1) is 10.2 Å². The Morgan fingerprint density at radius 1 is 0.950 bits per heavy atom. The lowest BCUT2D eigenvalue weighted by Gasteiger charge is -2.06. The molecule has 0 aliphatic heterocycles. The number of ether oxygens (including phenoxy) is 1. The molecule has 2 N–H and O–H groups in total. The summed E-state index contributed by atoms with van der Waals surface area (Å²) in [7, 11) is 0. The van der Waals surface area contributed by atoms with Gasteiger partial charge in [0.05, 0.1) is 5.52 Å². The normalized spacial score (nSPS) is 10.7. The fourth-order valence-electron chi connectivity index (χ4n) is 1.90. The second-order valence-corrected chi connectivity index (χ2v) is 4.29. The molecule has 0 spiro atoms. The van der Waals surface area contributed by atoms with Crippen LogP contribution in [0.3, 0.4) is 0 Å². The molecule has 0 atom stereocenters. The van der Waals surface area contributed by atoms with E-state index in [-0.39, 0.29) is 0 Å². The third-order valence-corrected chi connectivity index (χ3v) is 2.84. The monoisotopic (exact) mass is 266 g/mol. The van der Waals surface area contributed by atoms with Crippen molar-refractivity contribution in [1.29, 1.82) is 0 Å². The fraction of sp³-hybridized carbons (Fsp3) is 0.133. The summed E-state index contributed by atoms with van der Waals surface area (Å²) >= 11 is 0. The number of nitrogens with zero attached hydrogens (tertiary/aromatic N) is 3. The molecule has 0 fully saturated rings. The van der Waals surface area contributed by atoms with Crippen molar-refractivity contribution in [2.75, 3.05) is 13.2 Å². The van der Waals surface area contributed by atoms with Crippen LogP contribution >= 0.6 is 0 Å². The van der Waals surface area contributed by atoms with Gasteiger partial charge in [-0.05, 0) is 24.3 Å². The van der Waals surface area contributed by atoms with Gasteiger partial charge in [-0.3, -0.25) is 0 Å². The van der Waals surface area contributed by atoms with E-state index >= 15 is 0 Å². The van der Waals surface area contributed by atoms with Gasteiger partial charge in [0.15, 0.2) is 5.82 Å². The molecule has 1 aromatic heterocycles. The van der Waals surface area contributed by atoms with Crippen LogP contribution < -0.4 is 10.5 Å². The van der Waals surface area contributed by atoms with Gasteiger partial charge < -0.3 is 10.5 Å². The smallest absolute Gasteiger partial charge is 0.182 e. The lowest BCUT2D eigenvalue weighted by molar-refractivity contribution is 0.328. The predicted molar refractivity (Wildman–Crippen MR) is 77.3 cm³/mol. The third kappa shape index (κ3) is 2.57. The zero-order valence-electron chi connectivity index (χ0n) is 10.9. The summed E-state index contributed by atoms with van der Waals surface area (Å²) in [6.45, 7) is 0.971. The van der Waals surface area contributed by atoms with Crippen LogP contribution in [0.5, 0.6) is 5.75 Å². The molecule has 0 saturated heterocycles. The topological polar surface area (TPSA) is 73.9 Å². The highest BCUT2D eigenvalue weighted by Gasteiger charge is 2.05. The first-order chi connectivity index (χ1) is 9.86. The van der Waals surface area contributed by atoms with Gasteiger partial charge in [0.2, 0.25) is 0 Å². The Morgan fingerprint density at radius 2 is 1.80 bits per heavy atom. The molecule has 20 heavy (non-hydrogen) atoms. The molecule has 1 heterocycles. The largest absolute Gasteiger partial charge is 0.492 e. The summed E-state index contributed by atoms with van der Waals surface area (Å²) in [5, 5.41) is 8.33. The molecule has 5 heteroatoms. The number of aromatic nitrogens is 3.